The zero-order valence-corrected chi connectivity index (χ0v) is 13.3. The van der Waals surface area contributed by atoms with E-state index in [0.717, 1.165) is 15.6 Å². The summed E-state index contributed by atoms with van der Waals surface area (Å²) in [6.07, 6.45) is 0. The largest absolute Gasteiger partial charge is 0.450 e. The van der Waals surface area contributed by atoms with Crippen molar-refractivity contribution in [1.82, 2.24) is 5.32 Å². The number of hydrogen-bond donors (Lipinski definition) is 1. The van der Waals surface area contributed by atoms with Crippen molar-refractivity contribution < 1.29 is 9.66 Å². The Morgan fingerprint density at radius 2 is 1.95 bits per heavy atom. The maximum atomic E-state index is 11.1. The number of hydrogen-bond acceptors (Lipinski definition) is 4. The Balaban J connectivity index is 2.40. The van der Waals surface area contributed by atoms with Gasteiger partial charge in [-0.2, -0.15) is 0 Å². The van der Waals surface area contributed by atoms with Crippen LogP contribution >= 0.6 is 15.9 Å². The normalized spacial score (nSPS) is 10.4. The summed E-state index contributed by atoms with van der Waals surface area (Å²) in [6, 6.07) is 10.5. The summed E-state index contributed by atoms with van der Waals surface area (Å²) >= 11 is 3.41. The van der Waals surface area contributed by atoms with Crippen LogP contribution in [0.25, 0.3) is 0 Å². The minimum Gasteiger partial charge on any atom is -0.450 e. The lowest BCUT2D eigenvalue weighted by Gasteiger charge is -2.12. The summed E-state index contributed by atoms with van der Waals surface area (Å²) in [7, 11) is 1.83. The second kappa shape index (κ2) is 6.69. The number of rotatable bonds is 5. The van der Waals surface area contributed by atoms with Gasteiger partial charge in [-0.1, -0.05) is 22.0 Å². The molecule has 5 nitrogen and oxygen atoms in total. The van der Waals surface area contributed by atoms with Gasteiger partial charge < -0.3 is 10.1 Å². The molecule has 0 saturated carbocycles. The van der Waals surface area contributed by atoms with E-state index in [2.05, 4.69) is 21.2 Å². The molecule has 0 saturated heterocycles. The smallest absolute Gasteiger partial charge is 0.311 e. The third kappa shape index (κ3) is 3.80. The van der Waals surface area contributed by atoms with Crippen molar-refractivity contribution in [3.8, 4) is 11.5 Å². The predicted octanol–water partition coefficient (Wildman–Crippen LogP) is 4.18. The van der Waals surface area contributed by atoms with Gasteiger partial charge in [0.15, 0.2) is 0 Å². The Kier molecular flexibility index (Phi) is 4.93. The highest BCUT2D eigenvalue weighted by Crippen LogP contribution is 2.34. The fourth-order valence-electron chi connectivity index (χ4n) is 1.95. The number of aryl methyl sites for hydroxylation is 1. The number of halogens is 1. The Labute approximate surface area is 131 Å². The van der Waals surface area contributed by atoms with E-state index in [4.69, 9.17) is 4.74 Å². The number of nitrogens with zero attached hydrogens (tertiary/aromatic N) is 1. The van der Waals surface area contributed by atoms with Gasteiger partial charge >= 0.3 is 5.69 Å². The van der Waals surface area contributed by atoms with E-state index in [0.29, 0.717) is 12.3 Å². The first-order chi connectivity index (χ1) is 10.0. The van der Waals surface area contributed by atoms with Crippen LogP contribution in [-0.4, -0.2) is 12.0 Å². The maximum Gasteiger partial charge on any atom is 0.311 e. The van der Waals surface area contributed by atoms with Crippen molar-refractivity contribution in [1.29, 1.82) is 0 Å². The molecule has 0 aliphatic carbocycles. The molecule has 0 unspecified atom stereocenters. The molecule has 2 aromatic carbocycles. The van der Waals surface area contributed by atoms with Crippen LogP contribution in [0.5, 0.6) is 11.5 Å². The minimum absolute atomic E-state index is 0.0340. The van der Waals surface area contributed by atoms with Crippen LogP contribution in [0.2, 0.25) is 0 Å². The molecule has 0 aromatic heterocycles. The van der Waals surface area contributed by atoms with Gasteiger partial charge in [0.25, 0.3) is 0 Å². The molecule has 110 valence electrons. The third-order valence-corrected chi connectivity index (χ3v) is 3.41. The summed E-state index contributed by atoms with van der Waals surface area (Å²) in [5, 5.41) is 14.2. The van der Waals surface area contributed by atoms with Gasteiger partial charge in [-0.3, -0.25) is 10.1 Å². The molecular weight excluding hydrogens is 336 g/mol. The molecule has 0 bridgehead atoms. The second-order valence-electron chi connectivity index (χ2n) is 4.61. The number of benzene rings is 2. The summed E-state index contributed by atoms with van der Waals surface area (Å²) in [6.45, 7) is 2.41. The highest BCUT2D eigenvalue weighted by Gasteiger charge is 2.17. The Bertz CT molecular complexity index is 674. The molecule has 0 aliphatic heterocycles. The first-order valence-electron chi connectivity index (χ1n) is 6.37. The number of nitro groups is 1. The van der Waals surface area contributed by atoms with Gasteiger partial charge in [-0.15, -0.1) is 0 Å². The number of nitro benzene ring substituents is 1. The summed E-state index contributed by atoms with van der Waals surface area (Å²) in [5.41, 5.74) is 1.70. The average molecular weight is 351 g/mol. The third-order valence-electron chi connectivity index (χ3n) is 2.92. The van der Waals surface area contributed by atoms with Crippen molar-refractivity contribution in [2.45, 2.75) is 13.5 Å². The number of ether oxygens (including phenoxy) is 1. The van der Waals surface area contributed by atoms with Crippen LogP contribution < -0.4 is 10.1 Å². The quantitative estimate of drug-likeness (QED) is 0.648. The molecule has 0 aliphatic rings. The van der Waals surface area contributed by atoms with Crippen LogP contribution in [0.4, 0.5) is 5.69 Å². The van der Waals surface area contributed by atoms with Crippen molar-refractivity contribution in [3.63, 3.8) is 0 Å². The molecule has 0 amide bonds. The molecular formula is C15H15BrN2O3. The first kappa shape index (κ1) is 15.5. The van der Waals surface area contributed by atoms with Crippen LogP contribution in [0, 0.1) is 17.0 Å². The molecule has 0 spiro atoms. The molecule has 21 heavy (non-hydrogen) atoms. The van der Waals surface area contributed by atoms with Crippen molar-refractivity contribution in [2.24, 2.45) is 0 Å². The van der Waals surface area contributed by atoms with Gasteiger partial charge in [0.1, 0.15) is 5.75 Å². The molecule has 0 radical (unpaired) electrons. The summed E-state index contributed by atoms with van der Waals surface area (Å²) < 4.78 is 6.69. The van der Waals surface area contributed by atoms with Crippen LogP contribution in [0.15, 0.2) is 40.9 Å². The van der Waals surface area contributed by atoms with E-state index in [1.165, 1.54) is 6.07 Å². The zero-order valence-electron chi connectivity index (χ0n) is 11.7. The fourth-order valence-corrected chi connectivity index (χ4v) is 2.36. The van der Waals surface area contributed by atoms with Gasteiger partial charge in [-0.25, -0.2) is 0 Å². The monoisotopic (exact) mass is 350 g/mol. The van der Waals surface area contributed by atoms with Crippen molar-refractivity contribution in [2.75, 3.05) is 7.05 Å². The Hall–Kier alpha value is -1.92. The minimum atomic E-state index is -0.432. The average Bonchev–Trinajstić information content (AvgIpc) is 2.43. The topological polar surface area (TPSA) is 64.4 Å². The van der Waals surface area contributed by atoms with E-state index in [9.17, 15) is 10.1 Å². The molecule has 6 heteroatoms. The standard InChI is InChI=1S/C15H15BrN2O3/c1-10-3-5-15(13(7-10)18(19)20)21-14-6-4-12(16)8-11(14)9-17-2/h3-8,17H,9H2,1-2H3. The summed E-state index contributed by atoms with van der Waals surface area (Å²) in [4.78, 5) is 10.7. The lowest BCUT2D eigenvalue weighted by atomic mass is 10.2. The van der Waals surface area contributed by atoms with Gasteiger partial charge in [-0.05, 0) is 43.8 Å². The zero-order chi connectivity index (χ0) is 15.4. The molecule has 1 N–H and O–H groups in total. The van der Waals surface area contributed by atoms with Crippen LogP contribution in [-0.2, 0) is 6.54 Å². The SMILES string of the molecule is CNCc1cc(Br)ccc1Oc1ccc(C)cc1[N+](=O)[O-]. The molecule has 0 fully saturated rings. The highest BCUT2D eigenvalue weighted by molar-refractivity contribution is 9.10. The lowest BCUT2D eigenvalue weighted by molar-refractivity contribution is -0.385. The Morgan fingerprint density at radius 3 is 2.62 bits per heavy atom. The van der Waals surface area contributed by atoms with E-state index in [1.807, 2.05) is 26.1 Å². The lowest BCUT2D eigenvalue weighted by Crippen LogP contribution is -2.06. The molecule has 2 rings (SSSR count). The van der Waals surface area contributed by atoms with Crippen LogP contribution in [0.1, 0.15) is 11.1 Å². The summed E-state index contributed by atoms with van der Waals surface area (Å²) in [5.74, 6) is 0.838. The van der Waals surface area contributed by atoms with E-state index in [-0.39, 0.29) is 11.4 Å². The van der Waals surface area contributed by atoms with E-state index >= 15 is 0 Å². The van der Waals surface area contributed by atoms with Gasteiger partial charge in [0.2, 0.25) is 5.75 Å². The maximum absolute atomic E-state index is 11.1. The van der Waals surface area contributed by atoms with Crippen LogP contribution in [0.3, 0.4) is 0 Å². The molecule has 2 aromatic rings. The van der Waals surface area contributed by atoms with Gasteiger partial charge in [0, 0.05) is 22.6 Å². The van der Waals surface area contributed by atoms with Gasteiger partial charge in [0.05, 0.1) is 4.92 Å². The van der Waals surface area contributed by atoms with Crippen molar-refractivity contribution in [3.05, 3.63) is 62.1 Å². The highest BCUT2D eigenvalue weighted by atomic mass is 79.9. The first-order valence-corrected chi connectivity index (χ1v) is 7.16. The van der Waals surface area contributed by atoms with E-state index < -0.39 is 4.92 Å². The number of nitrogens with one attached hydrogen (secondary N) is 1. The molecule has 0 atom stereocenters. The molecule has 0 heterocycles. The van der Waals surface area contributed by atoms with Crippen molar-refractivity contribution >= 4 is 21.6 Å². The second-order valence-corrected chi connectivity index (χ2v) is 5.53. The predicted molar refractivity (Wildman–Crippen MR) is 84.8 cm³/mol. The van der Waals surface area contributed by atoms with E-state index in [1.54, 1.807) is 18.2 Å². The Morgan fingerprint density at radius 1 is 1.24 bits per heavy atom. The fraction of sp³-hybridized carbons (Fsp3) is 0.200.